The summed E-state index contributed by atoms with van der Waals surface area (Å²) in [5.41, 5.74) is 6.50. The van der Waals surface area contributed by atoms with Crippen LogP contribution in [-0.2, 0) is 0 Å². The molecule has 0 aromatic rings. The Morgan fingerprint density at radius 3 is 2.40 bits per heavy atom. The normalized spacial score (nSPS) is 20.0. The number of nitrogens with one attached hydrogen (secondary N) is 1. The van der Waals surface area contributed by atoms with Gasteiger partial charge in [0.05, 0.1) is 0 Å². The van der Waals surface area contributed by atoms with Crippen molar-refractivity contribution in [3.8, 4) is 0 Å². The second kappa shape index (κ2) is 5.31. The van der Waals surface area contributed by atoms with Gasteiger partial charge in [0.15, 0.2) is 0 Å². The average molecular weight is 212 g/mol. The van der Waals surface area contributed by atoms with Crippen molar-refractivity contribution in [2.45, 2.75) is 64.8 Å². The standard InChI is InChI=1S/C13H28N2/c1-12(2,9-10-14)6-5-11-15-13(3)7-4-8-13/h15H,4-11,14H2,1-3H3. The summed E-state index contributed by atoms with van der Waals surface area (Å²) in [7, 11) is 0. The Kier molecular flexibility index (Phi) is 4.60. The van der Waals surface area contributed by atoms with E-state index < -0.39 is 0 Å². The highest BCUT2D eigenvalue weighted by atomic mass is 15.0. The molecule has 0 radical (unpaired) electrons. The van der Waals surface area contributed by atoms with Crippen LogP contribution in [0.3, 0.4) is 0 Å². The lowest BCUT2D eigenvalue weighted by Crippen LogP contribution is -2.48. The molecule has 2 heteroatoms. The van der Waals surface area contributed by atoms with E-state index in [9.17, 15) is 0 Å². The molecular formula is C13H28N2. The number of nitrogens with two attached hydrogens (primary N) is 1. The molecule has 15 heavy (non-hydrogen) atoms. The molecule has 0 aromatic carbocycles. The van der Waals surface area contributed by atoms with Crippen molar-refractivity contribution in [2.24, 2.45) is 11.1 Å². The largest absolute Gasteiger partial charge is 0.330 e. The lowest BCUT2D eigenvalue weighted by molar-refractivity contribution is 0.202. The van der Waals surface area contributed by atoms with Crippen molar-refractivity contribution in [3.63, 3.8) is 0 Å². The number of rotatable bonds is 7. The minimum Gasteiger partial charge on any atom is -0.330 e. The fourth-order valence-corrected chi connectivity index (χ4v) is 2.36. The summed E-state index contributed by atoms with van der Waals surface area (Å²) in [6.07, 6.45) is 7.83. The fraction of sp³-hybridized carbons (Fsp3) is 1.00. The molecule has 1 saturated carbocycles. The van der Waals surface area contributed by atoms with Crippen molar-refractivity contribution in [3.05, 3.63) is 0 Å². The van der Waals surface area contributed by atoms with Crippen LogP contribution in [0.15, 0.2) is 0 Å². The summed E-state index contributed by atoms with van der Waals surface area (Å²) in [5.74, 6) is 0. The average Bonchev–Trinajstić information content (AvgIpc) is 2.09. The molecule has 90 valence electrons. The molecule has 0 saturated heterocycles. The summed E-state index contributed by atoms with van der Waals surface area (Å²) in [5, 5.41) is 3.68. The van der Waals surface area contributed by atoms with E-state index in [1.54, 1.807) is 0 Å². The Bertz CT molecular complexity index is 183. The zero-order valence-electron chi connectivity index (χ0n) is 10.7. The smallest absolute Gasteiger partial charge is 0.0153 e. The minimum atomic E-state index is 0.428. The Balaban J connectivity index is 2.05. The summed E-state index contributed by atoms with van der Waals surface area (Å²) in [6.45, 7) is 8.99. The van der Waals surface area contributed by atoms with Gasteiger partial charge in [0.2, 0.25) is 0 Å². The molecule has 0 spiro atoms. The van der Waals surface area contributed by atoms with Crippen LogP contribution in [0.1, 0.15) is 59.3 Å². The molecular weight excluding hydrogens is 184 g/mol. The van der Waals surface area contributed by atoms with E-state index in [4.69, 9.17) is 5.73 Å². The predicted molar refractivity (Wildman–Crippen MR) is 66.9 cm³/mol. The Hall–Kier alpha value is -0.0800. The third-order valence-corrected chi connectivity index (χ3v) is 3.86. The molecule has 0 unspecified atom stereocenters. The molecule has 3 N–H and O–H groups in total. The number of hydrogen-bond acceptors (Lipinski definition) is 2. The molecule has 0 amide bonds. The Labute approximate surface area is 95.0 Å². The quantitative estimate of drug-likeness (QED) is 0.637. The van der Waals surface area contributed by atoms with Gasteiger partial charge in [0, 0.05) is 5.54 Å². The highest BCUT2D eigenvalue weighted by molar-refractivity contribution is 4.91. The van der Waals surface area contributed by atoms with Gasteiger partial charge in [-0.25, -0.2) is 0 Å². The summed E-state index contributed by atoms with van der Waals surface area (Å²) in [6, 6.07) is 0. The van der Waals surface area contributed by atoms with Crippen molar-refractivity contribution in [1.29, 1.82) is 0 Å². The number of hydrogen-bond donors (Lipinski definition) is 2. The maximum absolute atomic E-state index is 5.60. The first-order valence-corrected chi connectivity index (χ1v) is 6.43. The SMILES string of the molecule is CC(C)(CCN)CCCNC1(C)CCC1. The van der Waals surface area contributed by atoms with Crippen molar-refractivity contribution in [1.82, 2.24) is 5.32 Å². The maximum Gasteiger partial charge on any atom is 0.0153 e. The van der Waals surface area contributed by atoms with Crippen LogP contribution in [0.5, 0.6) is 0 Å². The lowest BCUT2D eigenvalue weighted by atomic mass is 9.78. The molecule has 1 aliphatic carbocycles. The van der Waals surface area contributed by atoms with E-state index >= 15 is 0 Å². The molecule has 0 heterocycles. The van der Waals surface area contributed by atoms with Crippen LogP contribution in [-0.4, -0.2) is 18.6 Å². The minimum absolute atomic E-state index is 0.428. The second-order valence-electron chi connectivity index (χ2n) is 6.15. The molecule has 2 nitrogen and oxygen atoms in total. The molecule has 0 bridgehead atoms. The highest BCUT2D eigenvalue weighted by Crippen LogP contribution is 2.31. The van der Waals surface area contributed by atoms with E-state index in [0.29, 0.717) is 11.0 Å². The Morgan fingerprint density at radius 2 is 1.93 bits per heavy atom. The van der Waals surface area contributed by atoms with E-state index in [-0.39, 0.29) is 0 Å². The van der Waals surface area contributed by atoms with Gasteiger partial charge in [-0.3, -0.25) is 0 Å². The topological polar surface area (TPSA) is 38.0 Å². The van der Waals surface area contributed by atoms with E-state index in [2.05, 4.69) is 26.1 Å². The molecule has 0 atom stereocenters. The van der Waals surface area contributed by atoms with Crippen molar-refractivity contribution < 1.29 is 0 Å². The van der Waals surface area contributed by atoms with Gasteiger partial charge in [-0.2, -0.15) is 0 Å². The van der Waals surface area contributed by atoms with Crippen LogP contribution in [0.2, 0.25) is 0 Å². The summed E-state index contributed by atoms with van der Waals surface area (Å²) in [4.78, 5) is 0. The van der Waals surface area contributed by atoms with Gasteiger partial charge >= 0.3 is 0 Å². The summed E-state index contributed by atoms with van der Waals surface area (Å²) >= 11 is 0. The van der Waals surface area contributed by atoms with Crippen LogP contribution in [0.4, 0.5) is 0 Å². The first-order chi connectivity index (χ1) is 6.97. The molecule has 1 fully saturated rings. The third kappa shape index (κ3) is 4.52. The lowest BCUT2D eigenvalue weighted by Gasteiger charge is -2.39. The van der Waals surface area contributed by atoms with Crippen LogP contribution in [0, 0.1) is 5.41 Å². The van der Waals surface area contributed by atoms with E-state index in [0.717, 1.165) is 13.0 Å². The van der Waals surface area contributed by atoms with Crippen molar-refractivity contribution >= 4 is 0 Å². The van der Waals surface area contributed by atoms with Crippen LogP contribution >= 0.6 is 0 Å². The second-order valence-corrected chi connectivity index (χ2v) is 6.15. The van der Waals surface area contributed by atoms with Gasteiger partial charge in [0.25, 0.3) is 0 Å². The van der Waals surface area contributed by atoms with Crippen LogP contribution in [0.25, 0.3) is 0 Å². The summed E-state index contributed by atoms with van der Waals surface area (Å²) < 4.78 is 0. The van der Waals surface area contributed by atoms with Crippen molar-refractivity contribution in [2.75, 3.05) is 13.1 Å². The van der Waals surface area contributed by atoms with E-state index in [1.165, 1.54) is 38.6 Å². The first-order valence-electron chi connectivity index (χ1n) is 6.43. The highest BCUT2D eigenvalue weighted by Gasteiger charge is 2.30. The van der Waals surface area contributed by atoms with Gasteiger partial charge in [0.1, 0.15) is 0 Å². The van der Waals surface area contributed by atoms with Gasteiger partial charge in [-0.15, -0.1) is 0 Å². The van der Waals surface area contributed by atoms with E-state index in [1.807, 2.05) is 0 Å². The maximum atomic E-state index is 5.60. The van der Waals surface area contributed by atoms with Gasteiger partial charge in [-0.1, -0.05) is 13.8 Å². The molecule has 0 aromatic heterocycles. The molecule has 1 rings (SSSR count). The third-order valence-electron chi connectivity index (χ3n) is 3.86. The fourth-order valence-electron chi connectivity index (χ4n) is 2.36. The van der Waals surface area contributed by atoms with Crippen LogP contribution < -0.4 is 11.1 Å². The first kappa shape index (κ1) is 13.0. The van der Waals surface area contributed by atoms with Gasteiger partial charge in [-0.05, 0) is 64.0 Å². The molecule has 1 aliphatic rings. The zero-order valence-corrected chi connectivity index (χ0v) is 10.7. The van der Waals surface area contributed by atoms with Gasteiger partial charge < -0.3 is 11.1 Å². The predicted octanol–water partition coefficient (Wildman–Crippen LogP) is 2.67. The molecule has 0 aliphatic heterocycles. The zero-order chi connectivity index (χ0) is 11.4. The monoisotopic (exact) mass is 212 g/mol. The Morgan fingerprint density at radius 1 is 1.27 bits per heavy atom.